The van der Waals surface area contributed by atoms with Gasteiger partial charge in [-0.3, -0.25) is 9.59 Å². The van der Waals surface area contributed by atoms with Crippen LogP contribution in [0.25, 0.3) is 0 Å². The fourth-order valence-electron chi connectivity index (χ4n) is 3.69. The second-order valence-corrected chi connectivity index (χ2v) is 9.80. The molecule has 0 bridgehead atoms. The van der Waals surface area contributed by atoms with Crippen molar-refractivity contribution in [1.29, 1.82) is 0 Å². The number of hydrogen-bond donors (Lipinski definition) is 2. The lowest BCUT2D eigenvalue weighted by molar-refractivity contribution is 0.0940. The van der Waals surface area contributed by atoms with E-state index in [1.165, 1.54) is 21.1 Å². The second kappa shape index (κ2) is 10.7. The summed E-state index contributed by atoms with van der Waals surface area (Å²) >= 11 is 0. The lowest BCUT2D eigenvalue weighted by atomic mass is 10.1. The second-order valence-electron chi connectivity index (χ2n) is 7.87. The van der Waals surface area contributed by atoms with E-state index in [-0.39, 0.29) is 22.5 Å². The Bertz CT molecular complexity index is 1270. The van der Waals surface area contributed by atoms with E-state index < -0.39 is 15.9 Å². The van der Waals surface area contributed by atoms with Gasteiger partial charge in [-0.05, 0) is 30.7 Å². The van der Waals surface area contributed by atoms with Crippen LogP contribution in [0.4, 0.5) is 5.69 Å². The van der Waals surface area contributed by atoms with Crippen molar-refractivity contribution in [3.63, 3.8) is 0 Å². The Kier molecular flexibility index (Phi) is 7.90. The van der Waals surface area contributed by atoms with Gasteiger partial charge in [0.1, 0.15) is 10.6 Å². The molecule has 0 saturated heterocycles. The van der Waals surface area contributed by atoms with Crippen LogP contribution >= 0.6 is 0 Å². The number of nitrogens with zero attached hydrogens (tertiary/aromatic N) is 2. The first-order valence-electron chi connectivity index (χ1n) is 11.1. The van der Waals surface area contributed by atoms with Gasteiger partial charge in [0.25, 0.3) is 11.8 Å². The number of aromatic nitrogens is 1. The number of amides is 2. The largest absolute Gasteiger partial charge is 0.345 e. The van der Waals surface area contributed by atoms with E-state index in [0.717, 1.165) is 5.56 Å². The smallest absolute Gasteiger partial charge is 0.272 e. The maximum absolute atomic E-state index is 13.0. The highest BCUT2D eigenvalue weighted by atomic mass is 32.2. The third-order valence-electron chi connectivity index (χ3n) is 5.62. The number of sulfonamides is 1. The summed E-state index contributed by atoms with van der Waals surface area (Å²) in [6.45, 7) is 6.07. The Labute approximate surface area is 200 Å². The number of hydrogen-bond acceptors (Lipinski definition) is 4. The molecule has 0 fully saturated rings. The van der Waals surface area contributed by atoms with Gasteiger partial charge in [0.15, 0.2) is 0 Å². The monoisotopic (exact) mass is 482 g/mol. The Morgan fingerprint density at radius 2 is 1.59 bits per heavy atom. The summed E-state index contributed by atoms with van der Waals surface area (Å²) in [6, 6.07) is 17.4. The molecule has 0 aliphatic rings. The molecule has 1 heterocycles. The summed E-state index contributed by atoms with van der Waals surface area (Å²) in [5.74, 6) is -0.844. The zero-order chi connectivity index (χ0) is 24.9. The van der Waals surface area contributed by atoms with E-state index in [1.54, 1.807) is 45.2 Å². The Morgan fingerprint density at radius 3 is 2.24 bits per heavy atom. The molecule has 3 aromatic rings. The number of anilines is 1. The van der Waals surface area contributed by atoms with Crippen molar-refractivity contribution in [2.24, 2.45) is 7.05 Å². The molecule has 0 radical (unpaired) electrons. The van der Waals surface area contributed by atoms with Crippen molar-refractivity contribution in [3.05, 3.63) is 83.7 Å². The van der Waals surface area contributed by atoms with Gasteiger partial charge in [-0.25, -0.2) is 8.42 Å². The molecule has 0 aliphatic heterocycles. The molecule has 9 heteroatoms. The number of rotatable bonds is 9. The van der Waals surface area contributed by atoms with Crippen molar-refractivity contribution in [1.82, 2.24) is 14.2 Å². The van der Waals surface area contributed by atoms with Crippen molar-refractivity contribution in [2.45, 2.75) is 31.7 Å². The van der Waals surface area contributed by atoms with Gasteiger partial charge in [0.05, 0.1) is 17.3 Å². The number of carbonyl (C=O) groups is 2. The van der Waals surface area contributed by atoms with Gasteiger partial charge in [-0.2, -0.15) is 4.31 Å². The molecule has 0 aliphatic carbocycles. The van der Waals surface area contributed by atoms with Gasteiger partial charge >= 0.3 is 0 Å². The average molecular weight is 483 g/mol. The molecule has 8 nitrogen and oxygen atoms in total. The SMILES string of the molecule is CCN(CC)S(=O)(=O)c1cc(C(=O)Nc2ccccc2C(=O)NC(C)c2ccccc2)n(C)c1. The third-order valence-corrected chi connectivity index (χ3v) is 7.64. The molecular formula is C25H30N4O4S. The normalized spacial score (nSPS) is 12.4. The zero-order valence-corrected chi connectivity index (χ0v) is 20.6. The predicted octanol–water partition coefficient (Wildman–Crippen LogP) is 3.80. The van der Waals surface area contributed by atoms with Crippen LogP contribution in [0.15, 0.2) is 71.8 Å². The van der Waals surface area contributed by atoms with E-state index >= 15 is 0 Å². The molecule has 0 spiro atoms. The van der Waals surface area contributed by atoms with Gasteiger partial charge in [0, 0.05) is 26.3 Å². The minimum atomic E-state index is -3.70. The molecule has 34 heavy (non-hydrogen) atoms. The minimum Gasteiger partial charge on any atom is -0.345 e. The summed E-state index contributed by atoms with van der Waals surface area (Å²) in [5, 5.41) is 5.70. The molecule has 1 unspecified atom stereocenters. The zero-order valence-electron chi connectivity index (χ0n) is 19.8. The van der Waals surface area contributed by atoms with Crippen LogP contribution in [0.5, 0.6) is 0 Å². The molecule has 0 saturated carbocycles. The first-order chi connectivity index (χ1) is 16.2. The van der Waals surface area contributed by atoms with Crippen molar-refractivity contribution in [3.8, 4) is 0 Å². The summed E-state index contributed by atoms with van der Waals surface area (Å²) < 4.78 is 28.5. The van der Waals surface area contributed by atoms with Gasteiger partial charge < -0.3 is 15.2 Å². The molecule has 2 N–H and O–H groups in total. The lowest BCUT2D eigenvalue weighted by Gasteiger charge is -2.17. The van der Waals surface area contributed by atoms with Crippen LogP contribution in [0.3, 0.4) is 0 Å². The number of carbonyl (C=O) groups excluding carboxylic acids is 2. The van der Waals surface area contributed by atoms with Crippen molar-refractivity contribution in [2.75, 3.05) is 18.4 Å². The van der Waals surface area contributed by atoms with Crippen molar-refractivity contribution >= 4 is 27.5 Å². The molecule has 1 aromatic heterocycles. The quantitative estimate of drug-likeness (QED) is 0.484. The molecular weight excluding hydrogens is 452 g/mol. The highest BCUT2D eigenvalue weighted by Crippen LogP contribution is 2.22. The van der Waals surface area contributed by atoms with Gasteiger partial charge in [-0.15, -0.1) is 0 Å². The first kappa shape index (κ1) is 25.2. The number of aryl methyl sites for hydroxylation is 1. The van der Waals surface area contributed by atoms with E-state index in [4.69, 9.17) is 0 Å². The van der Waals surface area contributed by atoms with Crippen molar-refractivity contribution < 1.29 is 18.0 Å². The number of nitrogens with one attached hydrogen (secondary N) is 2. The Morgan fingerprint density at radius 1 is 0.971 bits per heavy atom. The average Bonchev–Trinajstić information content (AvgIpc) is 3.23. The molecule has 2 amide bonds. The highest BCUT2D eigenvalue weighted by Gasteiger charge is 2.26. The van der Waals surface area contributed by atoms with Gasteiger partial charge in [0.2, 0.25) is 10.0 Å². The maximum Gasteiger partial charge on any atom is 0.272 e. The van der Waals surface area contributed by atoms with E-state index in [0.29, 0.717) is 24.3 Å². The van der Waals surface area contributed by atoms with Crippen LogP contribution in [0, 0.1) is 0 Å². The van der Waals surface area contributed by atoms with Crippen LogP contribution in [-0.4, -0.2) is 42.2 Å². The Hall–Kier alpha value is -3.43. The van der Waals surface area contributed by atoms with E-state index in [9.17, 15) is 18.0 Å². The molecule has 2 aromatic carbocycles. The third kappa shape index (κ3) is 5.37. The summed E-state index contributed by atoms with van der Waals surface area (Å²) in [4.78, 5) is 26.0. The van der Waals surface area contributed by atoms with Crippen LogP contribution in [0.2, 0.25) is 0 Å². The van der Waals surface area contributed by atoms with Crippen LogP contribution < -0.4 is 10.6 Å². The van der Waals surface area contributed by atoms with Crippen LogP contribution in [0.1, 0.15) is 53.2 Å². The summed E-state index contributed by atoms with van der Waals surface area (Å²) in [6.07, 6.45) is 1.42. The minimum absolute atomic E-state index is 0.0477. The predicted molar refractivity (Wildman–Crippen MR) is 132 cm³/mol. The fraction of sp³-hybridized carbons (Fsp3) is 0.280. The van der Waals surface area contributed by atoms with E-state index in [1.807, 2.05) is 37.3 Å². The maximum atomic E-state index is 13.0. The Balaban J connectivity index is 1.82. The lowest BCUT2D eigenvalue weighted by Crippen LogP contribution is -2.30. The highest BCUT2D eigenvalue weighted by molar-refractivity contribution is 7.89. The summed E-state index contributed by atoms with van der Waals surface area (Å²) in [5.41, 5.74) is 1.77. The molecule has 1 atom stereocenters. The van der Waals surface area contributed by atoms with Gasteiger partial charge in [-0.1, -0.05) is 56.3 Å². The first-order valence-corrected chi connectivity index (χ1v) is 12.6. The van der Waals surface area contributed by atoms with Crippen LogP contribution in [-0.2, 0) is 17.1 Å². The molecule has 3 rings (SSSR count). The summed E-state index contributed by atoms with van der Waals surface area (Å²) in [7, 11) is -2.09. The fourth-order valence-corrected chi connectivity index (χ4v) is 5.22. The standard InChI is InChI=1S/C25H30N4O4S/c1-5-29(6-2)34(32,33)20-16-23(28(4)17-20)25(31)27-22-15-11-10-14-21(22)24(30)26-18(3)19-12-8-7-9-13-19/h7-18H,5-6H2,1-4H3,(H,26,30)(H,27,31). The topological polar surface area (TPSA) is 101 Å². The number of para-hydroxylation sites is 1. The number of benzene rings is 2. The van der Waals surface area contributed by atoms with E-state index in [2.05, 4.69) is 10.6 Å². The molecule has 180 valence electrons.